The van der Waals surface area contributed by atoms with Crippen LogP contribution in [-0.2, 0) is 4.79 Å². The van der Waals surface area contributed by atoms with E-state index in [1.807, 2.05) is 30.9 Å². The van der Waals surface area contributed by atoms with Gasteiger partial charge in [-0.15, -0.1) is 0 Å². The molecule has 8 heteroatoms. The second-order valence-corrected chi connectivity index (χ2v) is 6.65. The largest absolute Gasteiger partial charge is 0.469 e. The normalized spacial score (nSPS) is 14.6. The zero-order valence-corrected chi connectivity index (χ0v) is 15.6. The summed E-state index contributed by atoms with van der Waals surface area (Å²) in [5.41, 5.74) is 3.21. The fourth-order valence-corrected chi connectivity index (χ4v) is 3.25. The molecule has 0 radical (unpaired) electrons. The Morgan fingerprint density at radius 3 is 2.52 bits per heavy atom. The number of furan rings is 1. The molecule has 0 atom stereocenters. The van der Waals surface area contributed by atoms with E-state index in [4.69, 9.17) is 13.9 Å². The zero-order chi connectivity index (χ0) is 19.0. The lowest BCUT2D eigenvalue weighted by molar-refractivity contribution is -0.129. The van der Waals surface area contributed by atoms with Gasteiger partial charge in [-0.25, -0.2) is 9.97 Å². The third-order valence-electron chi connectivity index (χ3n) is 4.79. The molecule has 0 N–H and O–H groups in total. The lowest BCUT2D eigenvalue weighted by atomic mass is 10.1. The van der Waals surface area contributed by atoms with Gasteiger partial charge in [-0.1, -0.05) is 5.16 Å². The van der Waals surface area contributed by atoms with Gasteiger partial charge in [0.15, 0.2) is 5.76 Å². The fraction of sp³-hybridized carbons (Fsp3) is 0.368. The summed E-state index contributed by atoms with van der Waals surface area (Å²) in [7, 11) is 0. The van der Waals surface area contributed by atoms with Crippen molar-refractivity contribution in [3.05, 3.63) is 36.0 Å². The molecule has 0 saturated carbocycles. The van der Waals surface area contributed by atoms with Crippen LogP contribution in [0, 0.1) is 13.8 Å². The van der Waals surface area contributed by atoms with Crippen LogP contribution < -0.4 is 4.90 Å². The molecule has 3 aromatic rings. The lowest BCUT2D eigenvalue weighted by Gasteiger charge is -2.34. The molecular formula is C19H21N5O3. The number of carbonyl (C=O) groups excluding carboxylic acids is 1. The summed E-state index contributed by atoms with van der Waals surface area (Å²) in [5, 5.41) is 3.97. The Morgan fingerprint density at radius 2 is 1.93 bits per heavy atom. The zero-order valence-electron chi connectivity index (χ0n) is 15.6. The summed E-state index contributed by atoms with van der Waals surface area (Å²) in [6.07, 6.45) is 3.41. The van der Waals surface area contributed by atoms with E-state index in [0.29, 0.717) is 37.9 Å². The van der Waals surface area contributed by atoms with Gasteiger partial charge in [0.1, 0.15) is 5.76 Å². The lowest BCUT2D eigenvalue weighted by Crippen LogP contribution is -2.48. The maximum Gasteiger partial charge on any atom is 0.226 e. The van der Waals surface area contributed by atoms with Crippen LogP contribution in [0.1, 0.15) is 18.4 Å². The van der Waals surface area contributed by atoms with Crippen LogP contribution in [0.15, 0.2) is 33.5 Å². The highest BCUT2D eigenvalue weighted by molar-refractivity contribution is 5.79. The molecule has 1 amide bonds. The molecule has 3 aromatic heterocycles. The first kappa shape index (κ1) is 17.3. The topological polar surface area (TPSA) is 88.5 Å². The van der Waals surface area contributed by atoms with Crippen molar-refractivity contribution in [3.8, 4) is 22.6 Å². The summed E-state index contributed by atoms with van der Waals surface area (Å²) in [6, 6.07) is 3.75. The monoisotopic (exact) mass is 367 g/mol. The minimum absolute atomic E-state index is 0.0984. The summed E-state index contributed by atoms with van der Waals surface area (Å²) < 4.78 is 10.9. The molecular weight excluding hydrogens is 346 g/mol. The van der Waals surface area contributed by atoms with E-state index in [2.05, 4.69) is 15.0 Å². The standard InChI is InChI=1S/C19H21N5O3/c1-12-10-17(27-22-12)16-11-20-19(21-18(16)15-4-9-26-13(15)2)24-7-5-23(6-8-24)14(3)25/h4,9-11H,5-8H2,1-3H3. The summed E-state index contributed by atoms with van der Waals surface area (Å²) >= 11 is 0. The predicted molar refractivity (Wildman–Crippen MR) is 99.2 cm³/mol. The van der Waals surface area contributed by atoms with Gasteiger partial charge in [0.05, 0.1) is 23.2 Å². The van der Waals surface area contributed by atoms with Gasteiger partial charge in [0, 0.05) is 50.9 Å². The molecule has 140 valence electrons. The van der Waals surface area contributed by atoms with Crippen molar-refractivity contribution >= 4 is 11.9 Å². The Bertz CT molecular complexity index is 969. The Kier molecular flexibility index (Phi) is 4.39. The smallest absolute Gasteiger partial charge is 0.226 e. The minimum Gasteiger partial charge on any atom is -0.469 e. The second-order valence-electron chi connectivity index (χ2n) is 6.65. The van der Waals surface area contributed by atoms with E-state index in [9.17, 15) is 4.79 Å². The van der Waals surface area contributed by atoms with Crippen molar-refractivity contribution in [1.29, 1.82) is 0 Å². The maximum atomic E-state index is 11.5. The van der Waals surface area contributed by atoms with Crippen LogP contribution in [0.2, 0.25) is 0 Å². The number of carbonyl (C=O) groups is 1. The number of aromatic nitrogens is 3. The molecule has 1 saturated heterocycles. The van der Waals surface area contributed by atoms with E-state index < -0.39 is 0 Å². The number of amides is 1. The first-order valence-corrected chi connectivity index (χ1v) is 8.88. The maximum absolute atomic E-state index is 11.5. The van der Waals surface area contributed by atoms with Gasteiger partial charge in [-0.2, -0.15) is 0 Å². The fourth-order valence-electron chi connectivity index (χ4n) is 3.25. The highest BCUT2D eigenvalue weighted by atomic mass is 16.5. The minimum atomic E-state index is 0.0984. The van der Waals surface area contributed by atoms with Crippen LogP contribution in [0.5, 0.6) is 0 Å². The van der Waals surface area contributed by atoms with Crippen molar-refractivity contribution in [1.82, 2.24) is 20.0 Å². The number of hydrogen-bond donors (Lipinski definition) is 0. The predicted octanol–water partition coefficient (Wildman–Crippen LogP) is 2.68. The van der Waals surface area contributed by atoms with Crippen molar-refractivity contribution in [3.63, 3.8) is 0 Å². The van der Waals surface area contributed by atoms with E-state index in [0.717, 1.165) is 28.3 Å². The van der Waals surface area contributed by atoms with Crippen molar-refractivity contribution < 1.29 is 13.7 Å². The van der Waals surface area contributed by atoms with Crippen LogP contribution >= 0.6 is 0 Å². The van der Waals surface area contributed by atoms with Crippen LogP contribution in [-0.4, -0.2) is 52.1 Å². The quantitative estimate of drug-likeness (QED) is 0.703. The third kappa shape index (κ3) is 3.30. The summed E-state index contributed by atoms with van der Waals surface area (Å²) in [5.74, 6) is 2.13. The SMILES string of the molecule is CC(=O)N1CCN(c2ncc(-c3cc(C)no3)c(-c3ccoc3C)n2)CC1. The van der Waals surface area contributed by atoms with Crippen molar-refractivity contribution in [2.75, 3.05) is 31.1 Å². The number of anilines is 1. The molecule has 0 aliphatic carbocycles. The molecule has 0 unspecified atom stereocenters. The Balaban J connectivity index is 1.71. The highest BCUT2D eigenvalue weighted by Gasteiger charge is 2.23. The summed E-state index contributed by atoms with van der Waals surface area (Å²) in [4.78, 5) is 24.8. The molecule has 1 fully saturated rings. The molecule has 0 bridgehead atoms. The van der Waals surface area contributed by atoms with Crippen molar-refractivity contribution in [2.24, 2.45) is 0 Å². The van der Waals surface area contributed by atoms with E-state index >= 15 is 0 Å². The third-order valence-corrected chi connectivity index (χ3v) is 4.79. The molecule has 27 heavy (non-hydrogen) atoms. The number of aryl methyl sites for hydroxylation is 2. The molecule has 1 aliphatic rings. The average Bonchev–Trinajstić information content (AvgIpc) is 3.29. The average molecular weight is 367 g/mol. The van der Waals surface area contributed by atoms with Gasteiger partial charge in [0.25, 0.3) is 0 Å². The molecule has 0 spiro atoms. The van der Waals surface area contributed by atoms with Gasteiger partial charge in [0.2, 0.25) is 11.9 Å². The Morgan fingerprint density at radius 1 is 1.15 bits per heavy atom. The second kappa shape index (κ2) is 6.86. The van der Waals surface area contributed by atoms with Gasteiger partial charge in [-0.05, 0) is 19.9 Å². The van der Waals surface area contributed by atoms with E-state index in [-0.39, 0.29) is 5.91 Å². The van der Waals surface area contributed by atoms with E-state index in [1.165, 1.54) is 0 Å². The Hall–Kier alpha value is -3.16. The Labute approximate surface area is 156 Å². The molecule has 8 nitrogen and oxygen atoms in total. The van der Waals surface area contributed by atoms with Crippen LogP contribution in [0.3, 0.4) is 0 Å². The first-order chi connectivity index (χ1) is 13.0. The van der Waals surface area contributed by atoms with E-state index in [1.54, 1.807) is 19.4 Å². The first-order valence-electron chi connectivity index (χ1n) is 8.88. The van der Waals surface area contributed by atoms with Crippen LogP contribution in [0.4, 0.5) is 5.95 Å². The molecule has 4 rings (SSSR count). The number of hydrogen-bond acceptors (Lipinski definition) is 7. The highest BCUT2D eigenvalue weighted by Crippen LogP contribution is 2.34. The van der Waals surface area contributed by atoms with Gasteiger partial charge < -0.3 is 18.7 Å². The summed E-state index contributed by atoms with van der Waals surface area (Å²) in [6.45, 7) is 8.11. The van der Waals surface area contributed by atoms with Gasteiger partial charge >= 0.3 is 0 Å². The molecule has 0 aromatic carbocycles. The molecule has 1 aliphatic heterocycles. The van der Waals surface area contributed by atoms with Crippen molar-refractivity contribution in [2.45, 2.75) is 20.8 Å². The van der Waals surface area contributed by atoms with Gasteiger partial charge in [-0.3, -0.25) is 4.79 Å². The number of rotatable bonds is 3. The number of piperazine rings is 1. The van der Waals surface area contributed by atoms with Crippen LogP contribution in [0.25, 0.3) is 22.6 Å². The molecule has 4 heterocycles. The number of nitrogens with zero attached hydrogens (tertiary/aromatic N) is 5.